The maximum atomic E-state index is 13.2. The highest BCUT2D eigenvalue weighted by Gasteiger charge is 2.03. The number of hydrogen-bond acceptors (Lipinski definition) is 1. The maximum absolute atomic E-state index is 13.2. The van der Waals surface area contributed by atoms with Crippen LogP contribution in [0.25, 0.3) is 0 Å². The number of anilines is 1. The zero-order chi connectivity index (χ0) is 13.1. The SMILES string of the molecule is Fc1cc(CNc2cc(Cl)ccc2Cl)ccc1Cl. The monoisotopic (exact) mass is 303 g/mol. The Balaban J connectivity index is 2.11. The summed E-state index contributed by atoms with van der Waals surface area (Å²) < 4.78 is 13.2. The van der Waals surface area contributed by atoms with E-state index in [0.29, 0.717) is 22.3 Å². The summed E-state index contributed by atoms with van der Waals surface area (Å²) in [5.41, 5.74) is 1.48. The van der Waals surface area contributed by atoms with Crippen LogP contribution in [-0.4, -0.2) is 0 Å². The van der Waals surface area contributed by atoms with E-state index < -0.39 is 5.82 Å². The van der Waals surface area contributed by atoms with Crippen LogP contribution in [0.4, 0.5) is 10.1 Å². The van der Waals surface area contributed by atoms with Gasteiger partial charge < -0.3 is 5.32 Å². The molecule has 2 aromatic carbocycles. The first-order chi connectivity index (χ1) is 8.56. The largest absolute Gasteiger partial charge is 0.380 e. The lowest BCUT2D eigenvalue weighted by Crippen LogP contribution is -2.00. The maximum Gasteiger partial charge on any atom is 0.142 e. The van der Waals surface area contributed by atoms with Crippen LogP contribution in [0.3, 0.4) is 0 Å². The molecule has 0 spiro atoms. The normalized spacial score (nSPS) is 10.4. The molecule has 94 valence electrons. The van der Waals surface area contributed by atoms with Gasteiger partial charge in [-0.2, -0.15) is 0 Å². The molecule has 0 amide bonds. The van der Waals surface area contributed by atoms with Crippen molar-refractivity contribution in [3.63, 3.8) is 0 Å². The topological polar surface area (TPSA) is 12.0 Å². The van der Waals surface area contributed by atoms with E-state index in [9.17, 15) is 4.39 Å². The Morgan fingerprint density at radius 3 is 2.39 bits per heavy atom. The van der Waals surface area contributed by atoms with Crippen LogP contribution in [0, 0.1) is 5.82 Å². The van der Waals surface area contributed by atoms with E-state index in [1.807, 2.05) is 0 Å². The first-order valence-corrected chi connectivity index (χ1v) is 6.32. The van der Waals surface area contributed by atoms with E-state index in [-0.39, 0.29) is 5.02 Å². The van der Waals surface area contributed by atoms with Crippen molar-refractivity contribution in [2.45, 2.75) is 6.54 Å². The third kappa shape index (κ3) is 3.29. The van der Waals surface area contributed by atoms with Crippen LogP contribution in [0.15, 0.2) is 36.4 Å². The summed E-state index contributed by atoms with van der Waals surface area (Å²) in [4.78, 5) is 0. The Morgan fingerprint density at radius 2 is 1.67 bits per heavy atom. The molecule has 0 fully saturated rings. The van der Waals surface area contributed by atoms with Gasteiger partial charge in [-0.05, 0) is 35.9 Å². The number of hydrogen-bond donors (Lipinski definition) is 1. The minimum atomic E-state index is -0.437. The second kappa shape index (κ2) is 5.79. The first-order valence-electron chi connectivity index (χ1n) is 5.19. The average Bonchev–Trinajstić information content (AvgIpc) is 2.34. The third-order valence-electron chi connectivity index (χ3n) is 2.40. The van der Waals surface area contributed by atoms with Crippen molar-refractivity contribution >= 4 is 40.5 Å². The molecule has 0 unspecified atom stereocenters. The van der Waals surface area contributed by atoms with Crippen molar-refractivity contribution in [2.75, 3.05) is 5.32 Å². The van der Waals surface area contributed by atoms with Gasteiger partial charge in [0, 0.05) is 11.6 Å². The molecule has 18 heavy (non-hydrogen) atoms. The van der Waals surface area contributed by atoms with Crippen LogP contribution in [0.2, 0.25) is 15.1 Å². The molecule has 0 saturated carbocycles. The van der Waals surface area contributed by atoms with Crippen LogP contribution < -0.4 is 5.32 Å². The quantitative estimate of drug-likeness (QED) is 0.800. The lowest BCUT2D eigenvalue weighted by atomic mass is 10.2. The van der Waals surface area contributed by atoms with Gasteiger partial charge >= 0.3 is 0 Å². The molecule has 0 aromatic heterocycles. The summed E-state index contributed by atoms with van der Waals surface area (Å²) in [5.74, 6) is -0.437. The summed E-state index contributed by atoms with van der Waals surface area (Å²) in [6, 6.07) is 9.78. The molecular weight excluding hydrogens is 296 g/mol. The molecule has 0 aliphatic carbocycles. The van der Waals surface area contributed by atoms with Gasteiger partial charge in [0.25, 0.3) is 0 Å². The number of halogens is 4. The molecular formula is C13H9Cl3FN. The fourth-order valence-corrected chi connectivity index (χ4v) is 1.95. The Labute approximate surface area is 119 Å². The lowest BCUT2D eigenvalue weighted by Gasteiger charge is -2.09. The van der Waals surface area contributed by atoms with Crippen molar-refractivity contribution in [3.05, 3.63) is 62.8 Å². The van der Waals surface area contributed by atoms with Crippen molar-refractivity contribution in [2.24, 2.45) is 0 Å². The Morgan fingerprint density at radius 1 is 0.944 bits per heavy atom. The minimum absolute atomic E-state index is 0.111. The third-order valence-corrected chi connectivity index (χ3v) is 3.27. The van der Waals surface area contributed by atoms with E-state index in [0.717, 1.165) is 5.56 Å². The van der Waals surface area contributed by atoms with E-state index in [1.165, 1.54) is 12.1 Å². The Bertz CT molecular complexity index is 572. The summed E-state index contributed by atoms with van der Waals surface area (Å²) in [6.45, 7) is 0.439. The smallest absolute Gasteiger partial charge is 0.142 e. The zero-order valence-electron chi connectivity index (χ0n) is 9.18. The Hall–Kier alpha value is -0.960. The predicted octanol–water partition coefficient (Wildman–Crippen LogP) is 5.40. The molecule has 0 radical (unpaired) electrons. The molecule has 0 heterocycles. The highest BCUT2D eigenvalue weighted by atomic mass is 35.5. The lowest BCUT2D eigenvalue weighted by molar-refractivity contribution is 0.626. The summed E-state index contributed by atoms with van der Waals surface area (Å²) in [6.07, 6.45) is 0. The molecule has 0 atom stereocenters. The summed E-state index contributed by atoms with van der Waals surface area (Å²) in [7, 11) is 0. The van der Waals surface area contributed by atoms with Crippen molar-refractivity contribution < 1.29 is 4.39 Å². The predicted molar refractivity (Wildman–Crippen MR) is 75.2 cm³/mol. The fourth-order valence-electron chi connectivity index (χ4n) is 1.48. The second-order valence-corrected chi connectivity index (χ2v) is 4.98. The van der Waals surface area contributed by atoms with Gasteiger partial charge in [-0.1, -0.05) is 40.9 Å². The molecule has 0 aliphatic rings. The molecule has 5 heteroatoms. The van der Waals surface area contributed by atoms with Crippen molar-refractivity contribution in [1.82, 2.24) is 0 Å². The van der Waals surface area contributed by atoms with Gasteiger partial charge in [0.1, 0.15) is 5.82 Å². The number of benzene rings is 2. The second-order valence-electron chi connectivity index (χ2n) is 3.73. The van der Waals surface area contributed by atoms with Gasteiger partial charge in [0.05, 0.1) is 15.7 Å². The zero-order valence-corrected chi connectivity index (χ0v) is 11.5. The molecule has 0 bridgehead atoms. The van der Waals surface area contributed by atoms with E-state index in [2.05, 4.69) is 5.32 Å². The van der Waals surface area contributed by atoms with Crippen LogP contribution in [0.1, 0.15) is 5.56 Å². The first kappa shape index (κ1) is 13.5. The van der Waals surface area contributed by atoms with Gasteiger partial charge in [-0.15, -0.1) is 0 Å². The number of nitrogens with one attached hydrogen (secondary N) is 1. The van der Waals surface area contributed by atoms with Crippen LogP contribution in [-0.2, 0) is 6.54 Å². The van der Waals surface area contributed by atoms with Crippen LogP contribution in [0.5, 0.6) is 0 Å². The van der Waals surface area contributed by atoms with Crippen molar-refractivity contribution in [1.29, 1.82) is 0 Å². The van der Waals surface area contributed by atoms with Gasteiger partial charge in [-0.3, -0.25) is 0 Å². The highest BCUT2D eigenvalue weighted by molar-refractivity contribution is 6.35. The standard InChI is InChI=1S/C13H9Cl3FN/c14-9-2-4-11(16)13(6-9)18-7-8-1-3-10(15)12(17)5-8/h1-6,18H,7H2. The van der Waals surface area contributed by atoms with E-state index in [1.54, 1.807) is 24.3 Å². The highest BCUT2D eigenvalue weighted by Crippen LogP contribution is 2.26. The minimum Gasteiger partial charge on any atom is -0.380 e. The molecule has 1 nitrogen and oxygen atoms in total. The van der Waals surface area contributed by atoms with E-state index >= 15 is 0 Å². The molecule has 2 rings (SSSR count). The fraction of sp³-hybridized carbons (Fsp3) is 0.0769. The Kier molecular flexibility index (Phi) is 4.33. The molecule has 0 aliphatic heterocycles. The van der Waals surface area contributed by atoms with Gasteiger partial charge in [0.15, 0.2) is 0 Å². The number of rotatable bonds is 3. The molecule has 1 N–H and O–H groups in total. The summed E-state index contributed by atoms with van der Waals surface area (Å²) in [5, 5.41) is 4.35. The van der Waals surface area contributed by atoms with Crippen molar-refractivity contribution in [3.8, 4) is 0 Å². The van der Waals surface area contributed by atoms with Crippen LogP contribution >= 0.6 is 34.8 Å². The van der Waals surface area contributed by atoms with E-state index in [4.69, 9.17) is 34.8 Å². The van der Waals surface area contributed by atoms with Gasteiger partial charge in [-0.25, -0.2) is 4.39 Å². The average molecular weight is 305 g/mol. The summed E-state index contributed by atoms with van der Waals surface area (Å²) >= 11 is 17.5. The van der Waals surface area contributed by atoms with Gasteiger partial charge in [0.2, 0.25) is 0 Å². The molecule has 0 saturated heterocycles. The molecule has 2 aromatic rings.